The van der Waals surface area contributed by atoms with Gasteiger partial charge in [0.1, 0.15) is 0 Å². The predicted octanol–water partition coefficient (Wildman–Crippen LogP) is 0.709. The number of nitrogens with one attached hydrogen (secondary N) is 2. The van der Waals surface area contributed by atoms with E-state index in [9.17, 15) is 8.42 Å². The zero-order valence-electron chi connectivity index (χ0n) is 12.6. The van der Waals surface area contributed by atoms with Crippen LogP contribution in [0.2, 0.25) is 0 Å². The fourth-order valence-electron chi connectivity index (χ4n) is 2.44. The highest BCUT2D eigenvalue weighted by Crippen LogP contribution is 2.23. The van der Waals surface area contributed by atoms with Gasteiger partial charge in [-0.3, -0.25) is 5.10 Å². The fourth-order valence-corrected chi connectivity index (χ4v) is 4.22. The molecule has 8 heteroatoms. The normalized spacial score (nSPS) is 20.8. The zero-order chi connectivity index (χ0) is 15.3. The first kappa shape index (κ1) is 16.4. The summed E-state index contributed by atoms with van der Waals surface area (Å²) in [6.07, 6.45) is 3.31. The molecule has 0 bridgehead atoms. The van der Waals surface area contributed by atoms with Gasteiger partial charge in [-0.15, -0.1) is 0 Å². The number of nitrogens with zero attached hydrogens (tertiary/aromatic N) is 2. The molecule has 0 spiro atoms. The molecule has 1 unspecified atom stereocenters. The van der Waals surface area contributed by atoms with Gasteiger partial charge in [0, 0.05) is 24.7 Å². The van der Waals surface area contributed by atoms with E-state index >= 15 is 0 Å². The summed E-state index contributed by atoms with van der Waals surface area (Å²) in [6.45, 7) is 6.67. The third kappa shape index (κ3) is 3.63. The Balaban J connectivity index is 2.20. The van der Waals surface area contributed by atoms with E-state index in [4.69, 9.17) is 4.74 Å². The van der Waals surface area contributed by atoms with Crippen LogP contribution >= 0.6 is 0 Å². The van der Waals surface area contributed by atoms with Gasteiger partial charge in [0.15, 0.2) is 5.03 Å². The molecule has 1 aliphatic heterocycles. The first-order valence-corrected chi connectivity index (χ1v) is 8.87. The average Bonchev–Trinajstić information content (AvgIpc) is 2.97. The third-order valence-corrected chi connectivity index (χ3v) is 5.60. The number of morpholine rings is 1. The van der Waals surface area contributed by atoms with E-state index in [1.54, 1.807) is 6.20 Å². The minimum absolute atomic E-state index is 0.108. The van der Waals surface area contributed by atoms with Crippen LogP contribution in [0.15, 0.2) is 11.2 Å². The number of aromatic nitrogens is 2. The summed E-state index contributed by atoms with van der Waals surface area (Å²) in [6, 6.07) is -0.108. The van der Waals surface area contributed by atoms with Gasteiger partial charge < -0.3 is 10.1 Å². The zero-order valence-corrected chi connectivity index (χ0v) is 13.4. The number of H-pyrrole nitrogens is 1. The largest absolute Gasteiger partial charge is 0.378 e. The number of aromatic amines is 1. The van der Waals surface area contributed by atoms with Crippen LogP contribution in [0.5, 0.6) is 0 Å². The quantitative estimate of drug-likeness (QED) is 0.723. The molecular formula is C13H24N4O3S. The first-order valence-electron chi connectivity index (χ1n) is 7.43. The Bertz CT molecular complexity index is 543. The van der Waals surface area contributed by atoms with Crippen molar-refractivity contribution >= 4 is 10.0 Å². The topological polar surface area (TPSA) is 87.3 Å². The Morgan fingerprint density at radius 1 is 1.52 bits per heavy atom. The van der Waals surface area contributed by atoms with Crippen LogP contribution in [0.4, 0.5) is 0 Å². The number of rotatable bonds is 7. The van der Waals surface area contributed by atoms with Gasteiger partial charge in [0.25, 0.3) is 10.0 Å². The predicted molar refractivity (Wildman–Crippen MR) is 79.4 cm³/mol. The summed E-state index contributed by atoms with van der Waals surface area (Å²) in [5, 5.41) is 9.98. The smallest absolute Gasteiger partial charge is 0.260 e. The maximum absolute atomic E-state index is 12.8. The molecule has 1 aromatic rings. The second kappa shape index (κ2) is 7.35. The molecule has 7 nitrogen and oxygen atoms in total. The van der Waals surface area contributed by atoms with Crippen molar-refractivity contribution in [1.82, 2.24) is 19.8 Å². The fraction of sp³-hybridized carbons (Fsp3) is 0.769. The molecule has 120 valence electrons. The van der Waals surface area contributed by atoms with E-state index < -0.39 is 10.0 Å². The highest BCUT2D eigenvalue weighted by atomic mass is 32.2. The van der Waals surface area contributed by atoms with Gasteiger partial charge >= 0.3 is 0 Å². The number of hydrogen-bond acceptors (Lipinski definition) is 5. The van der Waals surface area contributed by atoms with Gasteiger partial charge in [0.05, 0.1) is 19.4 Å². The van der Waals surface area contributed by atoms with Crippen molar-refractivity contribution in [2.24, 2.45) is 0 Å². The van der Waals surface area contributed by atoms with Gasteiger partial charge in [-0.05, 0) is 19.4 Å². The van der Waals surface area contributed by atoms with E-state index in [2.05, 4.69) is 22.4 Å². The lowest BCUT2D eigenvalue weighted by Gasteiger charge is -2.33. The second-order valence-electron chi connectivity index (χ2n) is 5.15. The van der Waals surface area contributed by atoms with Gasteiger partial charge in [-0.1, -0.05) is 13.8 Å². The first-order chi connectivity index (χ1) is 10.1. The highest BCUT2D eigenvalue weighted by Gasteiger charge is 2.35. The van der Waals surface area contributed by atoms with Gasteiger partial charge in [-0.25, -0.2) is 8.42 Å². The second-order valence-corrected chi connectivity index (χ2v) is 6.98. The van der Waals surface area contributed by atoms with Crippen molar-refractivity contribution in [2.75, 3.05) is 26.3 Å². The Labute approximate surface area is 126 Å². The van der Waals surface area contributed by atoms with Crippen LogP contribution in [-0.4, -0.2) is 55.3 Å². The lowest BCUT2D eigenvalue weighted by atomic mass is 10.2. The SMILES string of the molecule is CCCNCc1cn[nH]c1S(=O)(=O)N1CCOCC1CC. The van der Waals surface area contributed by atoms with E-state index in [1.807, 2.05) is 6.92 Å². The molecule has 0 amide bonds. The Hall–Kier alpha value is -0.960. The van der Waals surface area contributed by atoms with Crippen molar-refractivity contribution in [3.63, 3.8) is 0 Å². The molecule has 0 radical (unpaired) electrons. The Morgan fingerprint density at radius 2 is 2.33 bits per heavy atom. The molecule has 0 saturated carbocycles. The maximum Gasteiger partial charge on any atom is 0.260 e. The van der Waals surface area contributed by atoms with Crippen molar-refractivity contribution < 1.29 is 13.2 Å². The van der Waals surface area contributed by atoms with E-state index in [0.717, 1.165) is 19.4 Å². The molecule has 21 heavy (non-hydrogen) atoms. The van der Waals surface area contributed by atoms with Crippen LogP contribution in [0, 0.1) is 0 Å². The molecule has 1 saturated heterocycles. The van der Waals surface area contributed by atoms with E-state index in [1.165, 1.54) is 4.31 Å². The standard InChI is InChI=1S/C13H24N4O3S/c1-3-5-14-8-11-9-15-16-13(11)21(18,19)17-6-7-20-10-12(17)4-2/h9,12,14H,3-8,10H2,1-2H3,(H,15,16). The summed E-state index contributed by atoms with van der Waals surface area (Å²) in [7, 11) is -3.55. The van der Waals surface area contributed by atoms with Crippen LogP contribution in [-0.2, 0) is 21.3 Å². The molecule has 1 atom stereocenters. The summed E-state index contributed by atoms with van der Waals surface area (Å²) in [5.41, 5.74) is 0.685. The van der Waals surface area contributed by atoms with E-state index in [0.29, 0.717) is 31.9 Å². The summed E-state index contributed by atoms with van der Waals surface area (Å²) < 4.78 is 32.6. The summed E-state index contributed by atoms with van der Waals surface area (Å²) in [5.74, 6) is 0. The minimum Gasteiger partial charge on any atom is -0.378 e. The van der Waals surface area contributed by atoms with Crippen LogP contribution in [0.25, 0.3) is 0 Å². The summed E-state index contributed by atoms with van der Waals surface area (Å²) >= 11 is 0. The average molecular weight is 316 g/mol. The molecule has 2 heterocycles. The van der Waals surface area contributed by atoms with Crippen LogP contribution < -0.4 is 5.32 Å². The van der Waals surface area contributed by atoms with Crippen LogP contribution in [0.1, 0.15) is 32.3 Å². The molecule has 0 aromatic carbocycles. The van der Waals surface area contributed by atoms with Crippen molar-refractivity contribution in [1.29, 1.82) is 0 Å². The monoisotopic (exact) mass is 316 g/mol. The van der Waals surface area contributed by atoms with Crippen LogP contribution in [0.3, 0.4) is 0 Å². The third-order valence-electron chi connectivity index (χ3n) is 3.63. The molecule has 1 fully saturated rings. The Kier molecular flexibility index (Phi) is 5.74. The van der Waals surface area contributed by atoms with Crippen molar-refractivity contribution in [3.8, 4) is 0 Å². The van der Waals surface area contributed by atoms with Gasteiger partial charge in [0.2, 0.25) is 0 Å². The molecular weight excluding hydrogens is 292 g/mol. The number of ether oxygens (including phenoxy) is 1. The molecule has 1 aromatic heterocycles. The van der Waals surface area contributed by atoms with E-state index in [-0.39, 0.29) is 11.1 Å². The summed E-state index contributed by atoms with van der Waals surface area (Å²) in [4.78, 5) is 0. The Morgan fingerprint density at radius 3 is 3.05 bits per heavy atom. The lowest BCUT2D eigenvalue weighted by molar-refractivity contribution is 0.0313. The van der Waals surface area contributed by atoms with Gasteiger partial charge in [-0.2, -0.15) is 9.40 Å². The van der Waals surface area contributed by atoms with Crippen molar-refractivity contribution in [2.45, 2.75) is 44.3 Å². The molecule has 2 N–H and O–H groups in total. The minimum atomic E-state index is -3.55. The molecule has 0 aliphatic carbocycles. The molecule has 1 aliphatic rings. The number of hydrogen-bond donors (Lipinski definition) is 2. The van der Waals surface area contributed by atoms with Crippen molar-refractivity contribution in [3.05, 3.63) is 11.8 Å². The number of sulfonamides is 1. The highest BCUT2D eigenvalue weighted by molar-refractivity contribution is 7.89. The lowest BCUT2D eigenvalue weighted by Crippen LogP contribution is -2.48. The molecule has 2 rings (SSSR count). The maximum atomic E-state index is 12.8.